The van der Waals surface area contributed by atoms with Gasteiger partial charge in [0.2, 0.25) is 5.91 Å². The molecular formula is C15H29N3O4. The minimum Gasteiger partial charge on any atom is -0.465 e. The van der Waals surface area contributed by atoms with Crippen molar-refractivity contribution < 1.29 is 19.1 Å². The van der Waals surface area contributed by atoms with Crippen LogP contribution in [-0.2, 0) is 14.3 Å². The number of amides is 3. The number of unbranched alkanes of at least 4 members (excludes halogenated alkanes) is 3. The molecule has 7 nitrogen and oxygen atoms in total. The predicted molar refractivity (Wildman–Crippen MR) is 84.4 cm³/mol. The van der Waals surface area contributed by atoms with E-state index in [0.29, 0.717) is 6.42 Å². The molecule has 0 saturated carbocycles. The first-order chi connectivity index (χ1) is 10.4. The molecule has 0 aromatic heterocycles. The van der Waals surface area contributed by atoms with Gasteiger partial charge in [-0.2, -0.15) is 0 Å². The van der Waals surface area contributed by atoms with E-state index in [0.717, 1.165) is 25.7 Å². The van der Waals surface area contributed by atoms with Crippen LogP contribution in [0.5, 0.6) is 0 Å². The Bertz CT molecular complexity index is 374. The monoisotopic (exact) mass is 315 g/mol. The molecule has 0 aliphatic heterocycles. The normalized spacial score (nSPS) is 13.1. The van der Waals surface area contributed by atoms with Crippen molar-refractivity contribution in [3.63, 3.8) is 0 Å². The van der Waals surface area contributed by atoms with Crippen LogP contribution in [0.25, 0.3) is 0 Å². The van der Waals surface area contributed by atoms with E-state index in [9.17, 15) is 14.4 Å². The highest BCUT2D eigenvalue weighted by molar-refractivity contribution is 5.95. The molecule has 0 fully saturated rings. The average Bonchev–Trinajstić information content (AvgIpc) is 2.49. The summed E-state index contributed by atoms with van der Waals surface area (Å²) in [6, 6.07) is -0.576. The molecule has 0 aromatic carbocycles. The number of esters is 1. The van der Waals surface area contributed by atoms with E-state index in [1.54, 1.807) is 13.8 Å². The van der Waals surface area contributed by atoms with E-state index in [2.05, 4.69) is 22.9 Å². The molecule has 0 aromatic rings. The van der Waals surface area contributed by atoms with Crippen molar-refractivity contribution in [2.24, 2.45) is 0 Å². The number of ether oxygens (including phenoxy) is 1. The first kappa shape index (κ1) is 20.4. The van der Waals surface area contributed by atoms with E-state index >= 15 is 0 Å². The molecule has 0 aliphatic rings. The van der Waals surface area contributed by atoms with Crippen LogP contribution in [0.1, 0.15) is 52.9 Å². The van der Waals surface area contributed by atoms with Gasteiger partial charge in [-0.3, -0.25) is 20.2 Å². The smallest absolute Gasteiger partial charge is 0.326 e. The van der Waals surface area contributed by atoms with Crippen LogP contribution in [0.2, 0.25) is 0 Å². The van der Waals surface area contributed by atoms with Gasteiger partial charge in [0, 0.05) is 7.05 Å². The zero-order valence-electron chi connectivity index (χ0n) is 14.1. The average molecular weight is 315 g/mol. The van der Waals surface area contributed by atoms with Crippen molar-refractivity contribution in [1.82, 2.24) is 16.0 Å². The summed E-state index contributed by atoms with van der Waals surface area (Å²) in [5, 5.41) is 7.36. The van der Waals surface area contributed by atoms with Gasteiger partial charge in [-0.25, -0.2) is 4.79 Å². The summed E-state index contributed by atoms with van der Waals surface area (Å²) < 4.78 is 5.09. The minimum absolute atomic E-state index is 0.128. The molecule has 0 heterocycles. The quantitative estimate of drug-likeness (QED) is 0.417. The number of hydrogen-bond acceptors (Lipinski definition) is 5. The van der Waals surface area contributed by atoms with Crippen LogP contribution in [0.4, 0.5) is 4.79 Å². The number of nitrogens with one attached hydrogen (secondary N) is 3. The number of carbonyl (C=O) groups is 3. The SMILES string of the molecule is CCCCCCC(C)(NCC(=O)NC(=O)NC)C(=O)OCC. The highest BCUT2D eigenvalue weighted by atomic mass is 16.5. The maximum atomic E-state index is 12.1. The summed E-state index contributed by atoms with van der Waals surface area (Å²) >= 11 is 0. The van der Waals surface area contributed by atoms with Crippen LogP contribution in [0, 0.1) is 0 Å². The van der Waals surface area contributed by atoms with E-state index in [1.807, 2.05) is 0 Å². The third kappa shape index (κ3) is 7.97. The van der Waals surface area contributed by atoms with E-state index < -0.39 is 17.5 Å². The Kier molecular flexibility index (Phi) is 10.2. The van der Waals surface area contributed by atoms with Crippen molar-refractivity contribution in [3.05, 3.63) is 0 Å². The van der Waals surface area contributed by atoms with Crippen LogP contribution in [0.15, 0.2) is 0 Å². The fourth-order valence-corrected chi connectivity index (χ4v) is 1.97. The predicted octanol–water partition coefficient (Wildman–Crippen LogP) is 1.32. The largest absolute Gasteiger partial charge is 0.465 e. The van der Waals surface area contributed by atoms with Crippen molar-refractivity contribution >= 4 is 17.9 Å². The van der Waals surface area contributed by atoms with Crippen molar-refractivity contribution in [3.8, 4) is 0 Å². The third-order valence-corrected chi connectivity index (χ3v) is 3.38. The molecule has 0 aliphatic carbocycles. The maximum Gasteiger partial charge on any atom is 0.326 e. The summed E-state index contributed by atoms with van der Waals surface area (Å²) in [6.45, 7) is 5.75. The van der Waals surface area contributed by atoms with Crippen LogP contribution < -0.4 is 16.0 Å². The fraction of sp³-hybridized carbons (Fsp3) is 0.800. The molecule has 0 radical (unpaired) electrons. The molecule has 0 spiro atoms. The van der Waals surface area contributed by atoms with Gasteiger partial charge < -0.3 is 10.1 Å². The Balaban J connectivity index is 4.54. The molecule has 3 N–H and O–H groups in total. The van der Waals surface area contributed by atoms with Crippen LogP contribution in [0.3, 0.4) is 0 Å². The number of urea groups is 1. The molecule has 0 bridgehead atoms. The highest BCUT2D eigenvalue weighted by Crippen LogP contribution is 2.17. The topological polar surface area (TPSA) is 96.5 Å². The molecule has 128 valence electrons. The number of rotatable bonds is 10. The Morgan fingerprint density at radius 2 is 1.77 bits per heavy atom. The second-order valence-electron chi connectivity index (χ2n) is 5.34. The Morgan fingerprint density at radius 3 is 2.32 bits per heavy atom. The molecule has 0 saturated heterocycles. The molecule has 3 amide bonds. The lowest BCUT2D eigenvalue weighted by molar-refractivity contribution is -0.151. The van der Waals surface area contributed by atoms with E-state index in [1.165, 1.54) is 7.05 Å². The van der Waals surface area contributed by atoms with Gasteiger partial charge in [-0.15, -0.1) is 0 Å². The lowest BCUT2D eigenvalue weighted by Gasteiger charge is -2.28. The Morgan fingerprint density at radius 1 is 1.09 bits per heavy atom. The Hall–Kier alpha value is -1.63. The molecule has 22 heavy (non-hydrogen) atoms. The molecule has 0 rings (SSSR count). The van der Waals surface area contributed by atoms with Gasteiger partial charge >= 0.3 is 12.0 Å². The number of hydrogen-bond donors (Lipinski definition) is 3. The van der Waals surface area contributed by atoms with Gasteiger partial charge in [0.15, 0.2) is 0 Å². The molecule has 1 unspecified atom stereocenters. The maximum absolute atomic E-state index is 12.1. The van der Waals surface area contributed by atoms with E-state index in [4.69, 9.17) is 4.74 Å². The number of carbonyl (C=O) groups excluding carboxylic acids is 3. The van der Waals surface area contributed by atoms with Crippen LogP contribution >= 0.6 is 0 Å². The third-order valence-electron chi connectivity index (χ3n) is 3.38. The van der Waals surface area contributed by atoms with Crippen molar-refractivity contribution in [1.29, 1.82) is 0 Å². The second-order valence-corrected chi connectivity index (χ2v) is 5.34. The summed E-state index contributed by atoms with van der Waals surface area (Å²) in [5.41, 5.74) is -0.927. The van der Waals surface area contributed by atoms with E-state index in [-0.39, 0.29) is 19.1 Å². The Labute approximate surface area is 132 Å². The minimum atomic E-state index is -0.927. The lowest BCUT2D eigenvalue weighted by atomic mass is 9.94. The zero-order valence-corrected chi connectivity index (χ0v) is 14.1. The summed E-state index contributed by atoms with van der Waals surface area (Å²) in [4.78, 5) is 34.8. The highest BCUT2D eigenvalue weighted by Gasteiger charge is 2.34. The van der Waals surface area contributed by atoms with Gasteiger partial charge in [0.05, 0.1) is 13.2 Å². The molecule has 1 atom stereocenters. The van der Waals surface area contributed by atoms with Gasteiger partial charge in [-0.1, -0.05) is 32.6 Å². The van der Waals surface area contributed by atoms with Gasteiger partial charge in [0.1, 0.15) is 5.54 Å². The van der Waals surface area contributed by atoms with Crippen molar-refractivity contribution in [2.45, 2.75) is 58.4 Å². The van der Waals surface area contributed by atoms with Gasteiger partial charge in [-0.05, 0) is 20.3 Å². The van der Waals surface area contributed by atoms with Crippen molar-refractivity contribution in [2.75, 3.05) is 20.2 Å². The first-order valence-electron chi connectivity index (χ1n) is 7.83. The lowest BCUT2D eigenvalue weighted by Crippen LogP contribution is -2.54. The van der Waals surface area contributed by atoms with Crippen LogP contribution in [-0.4, -0.2) is 43.6 Å². The second kappa shape index (κ2) is 11.0. The van der Waals surface area contributed by atoms with Gasteiger partial charge in [0.25, 0.3) is 0 Å². The fourth-order valence-electron chi connectivity index (χ4n) is 1.97. The number of imide groups is 1. The zero-order chi connectivity index (χ0) is 17.0. The standard InChI is InChI=1S/C15H29N3O4/c1-5-7-8-9-10-15(3,13(20)22-6-2)17-11-12(19)18-14(21)16-4/h17H,5-11H2,1-4H3,(H2,16,18,19,21). The summed E-state index contributed by atoms with van der Waals surface area (Å²) in [6.07, 6.45) is 4.69. The molecular weight excluding hydrogens is 286 g/mol. The molecule has 7 heteroatoms. The summed E-state index contributed by atoms with van der Waals surface area (Å²) in [7, 11) is 1.42. The first-order valence-corrected chi connectivity index (χ1v) is 7.83. The summed E-state index contributed by atoms with van der Waals surface area (Å²) in [5.74, 6) is -0.873.